The zero-order valence-electron chi connectivity index (χ0n) is 11.7. The first kappa shape index (κ1) is 14.8. The number of pyridine rings is 1. The Labute approximate surface area is 124 Å². The quantitative estimate of drug-likeness (QED) is 0.912. The van der Waals surface area contributed by atoms with Gasteiger partial charge in [-0.15, -0.1) is 0 Å². The zero-order chi connectivity index (χ0) is 14.5. The average molecular weight is 291 g/mol. The molecular formula is C16H19ClN2O. The molecule has 0 bridgehead atoms. The second-order valence-corrected chi connectivity index (χ2v) is 5.20. The molecule has 4 heteroatoms. The summed E-state index contributed by atoms with van der Waals surface area (Å²) in [6.45, 7) is 3.99. The smallest absolute Gasteiger partial charge is 0.140 e. The van der Waals surface area contributed by atoms with Crippen LogP contribution in [0.2, 0.25) is 5.02 Å². The summed E-state index contributed by atoms with van der Waals surface area (Å²) in [6, 6.07) is 9.41. The lowest BCUT2D eigenvalue weighted by atomic mass is 10.1. The molecule has 1 heterocycles. The normalized spacial score (nSPS) is 13.8. The van der Waals surface area contributed by atoms with Crippen LogP contribution in [-0.4, -0.2) is 11.0 Å². The molecule has 0 spiro atoms. The Kier molecular flexibility index (Phi) is 4.99. The monoisotopic (exact) mass is 290 g/mol. The molecule has 2 rings (SSSR count). The fraction of sp³-hybridized carbons (Fsp3) is 0.312. The number of ether oxygens (including phenoxy) is 1. The molecule has 0 fully saturated rings. The van der Waals surface area contributed by atoms with E-state index in [0.717, 1.165) is 28.3 Å². The summed E-state index contributed by atoms with van der Waals surface area (Å²) in [5.74, 6) is 0.775. The number of nitrogens with zero attached hydrogens (tertiary/aromatic N) is 1. The van der Waals surface area contributed by atoms with Crippen LogP contribution in [0.3, 0.4) is 0 Å². The molecule has 0 saturated carbocycles. The SMILES string of the molecule is CCc1cc(OC(c2cccnc2)C(C)N)ccc1Cl. The number of aryl methyl sites for hydroxylation is 1. The van der Waals surface area contributed by atoms with Crippen LogP contribution >= 0.6 is 11.6 Å². The Morgan fingerprint density at radius 3 is 2.75 bits per heavy atom. The minimum absolute atomic E-state index is 0.139. The van der Waals surface area contributed by atoms with Crippen LogP contribution in [-0.2, 0) is 6.42 Å². The maximum absolute atomic E-state index is 6.12. The van der Waals surface area contributed by atoms with E-state index in [-0.39, 0.29) is 12.1 Å². The predicted molar refractivity (Wildman–Crippen MR) is 82.1 cm³/mol. The van der Waals surface area contributed by atoms with Gasteiger partial charge in [0.15, 0.2) is 0 Å². The third-order valence-corrected chi connectivity index (χ3v) is 3.52. The molecule has 2 N–H and O–H groups in total. The first-order valence-corrected chi connectivity index (χ1v) is 7.10. The molecule has 1 aromatic carbocycles. The number of halogens is 1. The topological polar surface area (TPSA) is 48.1 Å². The predicted octanol–water partition coefficient (Wildman–Crippen LogP) is 3.76. The highest BCUT2D eigenvalue weighted by molar-refractivity contribution is 6.31. The van der Waals surface area contributed by atoms with Crippen LogP contribution in [0.15, 0.2) is 42.7 Å². The summed E-state index contributed by atoms with van der Waals surface area (Å²) in [5.41, 5.74) is 8.07. The van der Waals surface area contributed by atoms with E-state index in [1.165, 1.54) is 0 Å². The Balaban J connectivity index is 2.25. The second-order valence-electron chi connectivity index (χ2n) is 4.79. The molecule has 2 atom stereocenters. The van der Waals surface area contributed by atoms with Gasteiger partial charge in [-0.1, -0.05) is 24.6 Å². The van der Waals surface area contributed by atoms with Crippen molar-refractivity contribution in [3.63, 3.8) is 0 Å². The van der Waals surface area contributed by atoms with Crippen LogP contribution in [0.1, 0.15) is 31.1 Å². The van der Waals surface area contributed by atoms with E-state index < -0.39 is 0 Å². The molecule has 0 aliphatic rings. The van der Waals surface area contributed by atoms with Gasteiger partial charge < -0.3 is 10.5 Å². The molecule has 2 unspecified atom stereocenters. The van der Waals surface area contributed by atoms with Crippen molar-refractivity contribution in [2.24, 2.45) is 5.73 Å². The molecule has 3 nitrogen and oxygen atoms in total. The molecule has 0 saturated heterocycles. The maximum Gasteiger partial charge on any atom is 0.140 e. The lowest BCUT2D eigenvalue weighted by molar-refractivity contribution is 0.180. The largest absolute Gasteiger partial charge is 0.484 e. The Morgan fingerprint density at radius 1 is 1.35 bits per heavy atom. The Morgan fingerprint density at radius 2 is 2.15 bits per heavy atom. The molecule has 1 aromatic heterocycles. The molecule has 20 heavy (non-hydrogen) atoms. The molecule has 106 valence electrons. The van der Waals surface area contributed by atoms with E-state index in [0.29, 0.717) is 0 Å². The van der Waals surface area contributed by atoms with Crippen molar-refractivity contribution < 1.29 is 4.74 Å². The summed E-state index contributed by atoms with van der Waals surface area (Å²) in [5, 5.41) is 0.763. The average Bonchev–Trinajstić information content (AvgIpc) is 2.47. The van der Waals surface area contributed by atoms with E-state index in [4.69, 9.17) is 22.1 Å². The molecule has 0 aliphatic heterocycles. The first-order valence-electron chi connectivity index (χ1n) is 6.72. The van der Waals surface area contributed by atoms with Crippen molar-refractivity contribution in [3.05, 3.63) is 58.9 Å². The fourth-order valence-electron chi connectivity index (χ4n) is 2.07. The minimum atomic E-state index is -0.227. The van der Waals surface area contributed by atoms with E-state index >= 15 is 0 Å². The van der Waals surface area contributed by atoms with Crippen molar-refractivity contribution in [1.29, 1.82) is 0 Å². The first-order chi connectivity index (χ1) is 9.61. The Bertz CT molecular complexity index is 558. The van der Waals surface area contributed by atoms with Crippen molar-refractivity contribution in [3.8, 4) is 5.75 Å². The van der Waals surface area contributed by atoms with E-state index in [1.807, 2.05) is 37.3 Å². The summed E-state index contributed by atoms with van der Waals surface area (Å²) in [7, 11) is 0. The highest BCUT2D eigenvalue weighted by Gasteiger charge is 2.18. The van der Waals surface area contributed by atoms with Crippen LogP contribution in [0.5, 0.6) is 5.75 Å². The van der Waals surface area contributed by atoms with E-state index in [9.17, 15) is 0 Å². The highest BCUT2D eigenvalue weighted by Crippen LogP contribution is 2.27. The van der Waals surface area contributed by atoms with Gasteiger partial charge in [-0.05, 0) is 43.2 Å². The molecular weight excluding hydrogens is 272 g/mol. The van der Waals surface area contributed by atoms with Crippen molar-refractivity contribution in [2.75, 3.05) is 0 Å². The summed E-state index contributed by atoms with van der Waals surface area (Å²) >= 11 is 6.12. The molecule has 0 amide bonds. The van der Waals surface area contributed by atoms with Gasteiger partial charge in [-0.2, -0.15) is 0 Å². The number of aromatic nitrogens is 1. The van der Waals surface area contributed by atoms with Gasteiger partial charge in [0, 0.05) is 29.0 Å². The number of hydrogen-bond acceptors (Lipinski definition) is 3. The third-order valence-electron chi connectivity index (χ3n) is 3.15. The van der Waals surface area contributed by atoms with E-state index in [1.54, 1.807) is 12.4 Å². The van der Waals surface area contributed by atoms with Gasteiger partial charge >= 0.3 is 0 Å². The summed E-state index contributed by atoms with van der Waals surface area (Å²) in [4.78, 5) is 4.12. The molecule has 0 aliphatic carbocycles. The van der Waals surface area contributed by atoms with Crippen molar-refractivity contribution in [2.45, 2.75) is 32.4 Å². The second kappa shape index (κ2) is 6.73. The number of nitrogens with two attached hydrogens (primary N) is 1. The van der Waals surface area contributed by atoms with Gasteiger partial charge in [0.05, 0.1) is 0 Å². The summed E-state index contributed by atoms with van der Waals surface area (Å²) < 4.78 is 6.04. The fourth-order valence-corrected chi connectivity index (χ4v) is 2.32. The minimum Gasteiger partial charge on any atom is -0.484 e. The van der Waals surface area contributed by atoms with Gasteiger partial charge in [0.1, 0.15) is 11.9 Å². The van der Waals surface area contributed by atoms with Crippen LogP contribution in [0.4, 0.5) is 0 Å². The van der Waals surface area contributed by atoms with Gasteiger partial charge in [-0.3, -0.25) is 4.98 Å². The number of rotatable bonds is 5. The highest BCUT2D eigenvalue weighted by atomic mass is 35.5. The molecule has 0 radical (unpaired) electrons. The maximum atomic E-state index is 6.12. The van der Waals surface area contributed by atoms with Gasteiger partial charge in [-0.25, -0.2) is 0 Å². The van der Waals surface area contributed by atoms with Gasteiger partial charge in [0.2, 0.25) is 0 Å². The molecule has 2 aromatic rings. The van der Waals surface area contributed by atoms with E-state index in [2.05, 4.69) is 11.9 Å². The lowest BCUT2D eigenvalue weighted by Gasteiger charge is -2.23. The van der Waals surface area contributed by atoms with Crippen molar-refractivity contribution in [1.82, 2.24) is 4.98 Å². The lowest BCUT2D eigenvalue weighted by Crippen LogP contribution is -2.29. The zero-order valence-corrected chi connectivity index (χ0v) is 12.5. The summed E-state index contributed by atoms with van der Waals surface area (Å²) in [6.07, 6.45) is 4.16. The van der Waals surface area contributed by atoms with Crippen LogP contribution in [0.25, 0.3) is 0 Å². The van der Waals surface area contributed by atoms with Gasteiger partial charge in [0.25, 0.3) is 0 Å². The van der Waals surface area contributed by atoms with Crippen LogP contribution < -0.4 is 10.5 Å². The standard InChI is InChI=1S/C16H19ClN2O/c1-3-12-9-14(6-7-15(12)17)20-16(11(2)18)13-5-4-8-19-10-13/h4-11,16H,3,18H2,1-2H3. The number of hydrogen-bond donors (Lipinski definition) is 1. The third kappa shape index (κ3) is 3.50. The number of benzene rings is 1. The Hall–Kier alpha value is -1.58. The van der Waals surface area contributed by atoms with Crippen molar-refractivity contribution >= 4 is 11.6 Å². The van der Waals surface area contributed by atoms with Crippen LogP contribution in [0, 0.1) is 0 Å².